The number of halogens is 1. The Labute approximate surface area is 179 Å². The zero-order chi connectivity index (χ0) is 20.4. The highest BCUT2D eigenvalue weighted by Gasteiger charge is 2.22. The molecule has 29 heavy (non-hydrogen) atoms. The van der Waals surface area contributed by atoms with E-state index in [1.807, 2.05) is 43.0 Å². The largest absolute Gasteiger partial charge is 0.354 e. The highest BCUT2D eigenvalue weighted by atomic mass is 79.9. The van der Waals surface area contributed by atoms with Crippen LogP contribution in [0.25, 0.3) is 11.0 Å². The summed E-state index contributed by atoms with van der Waals surface area (Å²) in [6, 6.07) is 10.0. The van der Waals surface area contributed by atoms with E-state index in [4.69, 9.17) is 0 Å². The van der Waals surface area contributed by atoms with Crippen molar-refractivity contribution < 1.29 is 4.79 Å². The van der Waals surface area contributed by atoms with Crippen molar-refractivity contribution in [3.05, 3.63) is 57.8 Å². The first-order valence-electron chi connectivity index (χ1n) is 10.1. The van der Waals surface area contributed by atoms with Gasteiger partial charge in [-0.25, -0.2) is 9.97 Å². The number of pyridine rings is 2. The molecule has 0 atom stereocenters. The molecule has 1 aromatic carbocycles. The van der Waals surface area contributed by atoms with Crippen LogP contribution >= 0.6 is 15.9 Å². The number of nitrogens with one attached hydrogen (secondary N) is 1. The smallest absolute Gasteiger partial charge is 0.257 e. The van der Waals surface area contributed by atoms with E-state index >= 15 is 0 Å². The Kier molecular flexibility index (Phi) is 5.81. The van der Waals surface area contributed by atoms with E-state index in [9.17, 15) is 4.79 Å². The number of hydrogen-bond donors (Lipinski definition) is 1. The summed E-state index contributed by atoms with van der Waals surface area (Å²) in [7, 11) is 0. The number of carbonyl (C=O) groups is 1. The number of likely N-dealkylation sites (tertiary alicyclic amines) is 1. The van der Waals surface area contributed by atoms with Gasteiger partial charge in [-0.3, -0.25) is 4.79 Å². The summed E-state index contributed by atoms with van der Waals surface area (Å²) < 4.78 is 1.06. The maximum atomic E-state index is 13.4. The van der Waals surface area contributed by atoms with E-state index in [-0.39, 0.29) is 5.91 Å². The van der Waals surface area contributed by atoms with Gasteiger partial charge in [-0.15, -0.1) is 0 Å². The third kappa shape index (κ3) is 4.27. The van der Waals surface area contributed by atoms with E-state index in [0.717, 1.165) is 58.4 Å². The molecule has 0 radical (unpaired) electrons. The van der Waals surface area contributed by atoms with Crippen LogP contribution in [-0.4, -0.2) is 33.9 Å². The number of carbonyl (C=O) groups excluding carboxylic acids is 1. The maximum absolute atomic E-state index is 13.4. The molecule has 1 fully saturated rings. The molecule has 3 aromatic rings. The van der Waals surface area contributed by atoms with E-state index in [2.05, 4.69) is 37.3 Å². The van der Waals surface area contributed by atoms with Crippen LogP contribution in [0.1, 0.15) is 47.3 Å². The van der Waals surface area contributed by atoms with Crippen molar-refractivity contribution in [3.8, 4) is 0 Å². The minimum atomic E-state index is 0.0400. The predicted molar refractivity (Wildman–Crippen MR) is 121 cm³/mol. The fraction of sp³-hybridized carbons (Fsp3) is 0.348. The molecule has 6 heteroatoms. The van der Waals surface area contributed by atoms with Gasteiger partial charge < -0.3 is 10.2 Å². The van der Waals surface area contributed by atoms with Crippen molar-refractivity contribution in [1.82, 2.24) is 14.9 Å². The number of benzene rings is 1. The van der Waals surface area contributed by atoms with Crippen molar-refractivity contribution in [2.75, 3.05) is 18.4 Å². The second-order valence-electron chi connectivity index (χ2n) is 7.67. The van der Waals surface area contributed by atoms with Crippen LogP contribution in [0.15, 0.2) is 41.0 Å². The fourth-order valence-electron chi connectivity index (χ4n) is 3.78. The quantitative estimate of drug-likeness (QED) is 0.547. The fourth-order valence-corrected chi connectivity index (χ4v) is 4.03. The Morgan fingerprint density at radius 3 is 2.55 bits per heavy atom. The van der Waals surface area contributed by atoms with Crippen molar-refractivity contribution in [2.24, 2.45) is 0 Å². The molecule has 0 aliphatic carbocycles. The molecule has 0 unspecified atom stereocenters. The SMILES string of the molecule is Cc1ccc2c(Nc3ccc(Br)c(C)c3)c(C(=O)N3CCCCCC3)cnc2n1. The Hall–Kier alpha value is -2.47. The molecule has 2 aromatic heterocycles. The number of amides is 1. The summed E-state index contributed by atoms with van der Waals surface area (Å²) in [6.07, 6.45) is 6.17. The van der Waals surface area contributed by atoms with Crippen LogP contribution in [0.5, 0.6) is 0 Å². The first-order valence-corrected chi connectivity index (χ1v) is 10.9. The molecule has 4 rings (SSSR count). The first kappa shape index (κ1) is 19.8. The van der Waals surface area contributed by atoms with E-state index < -0.39 is 0 Å². The Balaban J connectivity index is 1.80. The van der Waals surface area contributed by atoms with Crippen molar-refractivity contribution in [1.29, 1.82) is 0 Å². The average Bonchev–Trinajstić information content (AvgIpc) is 3.00. The van der Waals surface area contributed by atoms with Crippen LogP contribution in [0, 0.1) is 13.8 Å². The van der Waals surface area contributed by atoms with Gasteiger partial charge in [-0.05, 0) is 62.6 Å². The van der Waals surface area contributed by atoms with Gasteiger partial charge in [-0.1, -0.05) is 28.8 Å². The summed E-state index contributed by atoms with van der Waals surface area (Å²) >= 11 is 3.55. The zero-order valence-electron chi connectivity index (χ0n) is 16.8. The summed E-state index contributed by atoms with van der Waals surface area (Å²) in [4.78, 5) is 24.4. The minimum Gasteiger partial charge on any atom is -0.354 e. The minimum absolute atomic E-state index is 0.0400. The lowest BCUT2D eigenvalue weighted by molar-refractivity contribution is 0.0762. The summed E-state index contributed by atoms with van der Waals surface area (Å²) in [5, 5.41) is 4.35. The molecule has 0 saturated carbocycles. The van der Waals surface area contributed by atoms with Gasteiger partial charge in [0, 0.05) is 40.5 Å². The molecule has 1 amide bonds. The molecule has 1 aliphatic rings. The van der Waals surface area contributed by atoms with Gasteiger partial charge in [-0.2, -0.15) is 0 Å². The topological polar surface area (TPSA) is 58.1 Å². The number of aromatic nitrogens is 2. The summed E-state index contributed by atoms with van der Waals surface area (Å²) in [5.74, 6) is 0.0400. The Bertz CT molecular complexity index is 1060. The van der Waals surface area contributed by atoms with Gasteiger partial charge in [0.1, 0.15) is 0 Å². The maximum Gasteiger partial charge on any atom is 0.257 e. The number of hydrogen-bond acceptors (Lipinski definition) is 4. The predicted octanol–water partition coefficient (Wildman–Crippen LogP) is 5.77. The molecule has 1 aliphatic heterocycles. The number of anilines is 2. The van der Waals surface area contributed by atoms with Crippen LogP contribution in [-0.2, 0) is 0 Å². The summed E-state index contributed by atoms with van der Waals surface area (Å²) in [6.45, 7) is 5.61. The second kappa shape index (κ2) is 8.49. The molecular formula is C23H25BrN4O. The highest BCUT2D eigenvalue weighted by Crippen LogP contribution is 2.31. The van der Waals surface area contributed by atoms with Crippen molar-refractivity contribution in [2.45, 2.75) is 39.5 Å². The standard InChI is InChI=1S/C23H25BrN4O/c1-15-13-17(8-10-20(15)24)27-21-18-9-7-16(2)26-22(18)25-14-19(21)23(29)28-11-5-3-4-6-12-28/h7-10,13-14H,3-6,11-12H2,1-2H3,(H,25,26,27). The normalized spacial score (nSPS) is 14.7. The van der Waals surface area contributed by atoms with Gasteiger partial charge in [0.05, 0.1) is 11.3 Å². The van der Waals surface area contributed by atoms with Gasteiger partial charge >= 0.3 is 0 Å². The van der Waals surface area contributed by atoms with Gasteiger partial charge in [0.15, 0.2) is 5.65 Å². The summed E-state index contributed by atoms with van der Waals surface area (Å²) in [5.41, 5.74) is 4.99. The molecule has 1 N–H and O–H groups in total. The van der Waals surface area contributed by atoms with Crippen LogP contribution < -0.4 is 5.32 Å². The molecule has 0 spiro atoms. The molecular weight excluding hydrogens is 428 g/mol. The average molecular weight is 453 g/mol. The van der Waals surface area contributed by atoms with Crippen LogP contribution in [0.2, 0.25) is 0 Å². The molecule has 150 valence electrons. The lowest BCUT2D eigenvalue weighted by atomic mass is 10.1. The third-order valence-electron chi connectivity index (χ3n) is 5.42. The molecule has 3 heterocycles. The van der Waals surface area contributed by atoms with Crippen molar-refractivity contribution in [3.63, 3.8) is 0 Å². The Morgan fingerprint density at radius 2 is 1.83 bits per heavy atom. The van der Waals surface area contributed by atoms with E-state index in [0.29, 0.717) is 11.2 Å². The van der Waals surface area contributed by atoms with E-state index in [1.54, 1.807) is 6.20 Å². The van der Waals surface area contributed by atoms with Crippen molar-refractivity contribution >= 4 is 44.2 Å². The molecule has 5 nitrogen and oxygen atoms in total. The van der Waals surface area contributed by atoms with Crippen LogP contribution in [0.3, 0.4) is 0 Å². The molecule has 1 saturated heterocycles. The third-order valence-corrected chi connectivity index (χ3v) is 6.31. The van der Waals surface area contributed by atoms with Gasteiger partial charge in [0.2, 0.25) is 0 Å². The highest BCUT2D eigenvalue weighted by molar-refractivity contribution is 9.10. The second-order valence-corrected chi connectivity index (χ2v) is 8.52. The number of fused-ring (bicyclic) bond motifs is 1. The lowest BCUT2D eigenvalue weighted by Gasteiger charge is -2.23. The van der Waals surface area contributed by atoms with Gasteiger partial charge in [0.25, 0.3) is 5.91 Å². The van der Waals surface area contributed by atoms with Crippen LogP contribution in [0.4, 0.5) is 11.4 Å². The monoisotopic (exact) mass is 452 g/mol. The number of rotatable bonds is 3. The number of nitrogens with zero attached hydrogens (tertiary/aromatic N) is 3. The lowest BCUT2D eigenvalue weighted by Crippen LogP contribution is -2.32. The zero-order valence-corrected chi connectivity index (χ0v) is 18.4. The molecule has 0 bridgehead atoms. The Morgan fingerprint density at radius 1 is 1.07 bits per heavy atom. The van der Waals surface area contributed by atoms with E-state index in [1.165, 1.54) is 12.8 Å². The first-order chi connectivity index (χ1) is 14.0. The number of aryl methyl sites for hydroxylation is 2.